The highest BCUT2D eigenvalue weighted by atomic mass is 16.2. The van der Waals surface area contributed by atoms with Gasteiger partial charge >= 0.3 is 0 Å². The molecule has 0 spiro atoms. The zero-order valence-electron chi connectivity index (χ0n) is 15.3. The summed E-state index contributed by atoms with van der Waals surface area (Å²) in [4.78, 5) is 40.0. The van der Waals surface area contributed by atoms with Crippen LogP contribution in [0.15, 0.2) is 10.9 Å². The molecule has 0 bridgehead atoms. The number of piperidine rings is 1. The maximum absolute atomic E-state index is 12.5. The third-order valence-corrected chi connectivity index (χ3v) is 5.45. The standard InChI is InChI=1S/C19H27N3O3/c1-18(2)9-14-12(15(23)10-18)8-13(17(25)22-14)16(24)21-11-19(3)4-6-20-7-5-19/h8,20H,4-7,9-11H2,1-3H3,(H,21,24)(H,22,25). The molecular formula is C19H27N3O3. The SMILES string of the molecule is CC1(C)CC(=O)c2cc(C(=O)NCC3(C)CCNCC3)c(=O)[nH]c2C1. The summed E-state index contributed by atoms with van der Waals surface area (Å²) in [5.41, 5.74) is 0.620. The van der Waals surface area contributed by atoms with Crippen LogP contribution >= 0.6 is 0 Å². The molecule has 0 aromatic carbocycles. The van der Waals surface area contributed by atoms with Gasteiger partial charge < -0.3 is 15.6 Å². The lowest BCUT2D eigenvalue weighted by atomic mass is 9.75. The number of H-pyrrole nitrogens is 1. The van der Waals surface area contributed by atoms with Crippen molar-refractivity contribution in [2.75, 3.05) is 19.6 Å². The second kappa shape index (κ2) is 6.41. The molecule has 2 heterocycles. The summed E-state index contributed by atoms with van der Waals surface area (Å²) in [5.74, 6) is -0.414. The molecule has 25 heavy (non-hydrogen) atoms. The Balaban J connectivity index is 1.79. The van der Waals surface area contributed by atoms with Crippen LogP contribution in [-0.2, 0) is 6.42 Å². The fourth-order valence-corrected chi connectivity index (χ4v) is 3.79. The first-order chi connectivity index (χ1) is 11.7. The fraction of sp³-hybridized carbons (Fsp3) is 0.632. The van der Waals surface area contributed by atoms with E-state index < -0.39 is 11.5 Å². The number of hydrogen-bond acceptors (Lipinski definition) is 4. The predicted octanol–water partition coefficient (Wildman–Crippen LogP) is 1.65. The summed E-state index contributed by atoms with van der Waals surface area (Å²) in [7, 11) is 0. The molecule has 0 radical (unpaired) electrons. The Hall–Kier alpha value is -1.95. The Morgan fingerprint density at radius 1 is 1.16 bits per heavy atom. The van der Waals surface area contributed by atoms with Crippen LogP contribution in [0, 0.1) is 10.8 Å². The molecule has 6 heteroatoms. The van der Waals surface area contributed by atoms with E-state index in [9.17, 15) is 14.4 Å². The number of aromatic nitrogens is 1. The summed E-state index contributed by atoms with van der Waals surface area (Å²) in [5, 5.41) is 6.20. The molecule has 1 aromatic heterocycles. The van der Waals surface area contributed by atoms with E-state index in [-0.39, 0.29) is 22.2 Å². The molecule has 136 valence electrons. The van der Waals surface area contributed by atoms with E-state index in [4.69, 9.17) is 0 Å². The van der Waals surface area contributed by atoms with Crippen LogP contribution in [0.2, 0.25) is 0 Å². The third kappa shape index (κ3) is 3.84. The lowest BCUT2D eigenvalue weighted by molar-refractivity contribution is 0.0909. The van der Waals surface area contributed by atoms with Crippen molar-refractivity contribution in [2.24, 2.45) is 10.8 Å². The van der Waals surface area contributed by atoms with E-state index >= 15 is 0 Å². The molecule has 1 aliphatic heterocycles. The van der Waals surface area contributed by atoms with Gasteiger partial charge in [0.2, 0.25) is 0 Å². The summed E-state index contributed by atoms with van der Waals surface area (Å²) in [6, 6.07) is 1.48. The molecule has 1 fully saturated rings. The molecule has 1 amide bonds. The van der Waals surface area contributed by atoms with E-state index in [2.05, 4.69) is 22.5 Å². The smallest absolute Gasteiger partial charge is 0.261 e. The Bertz CT molecular complexity index is 758. The second-order valence-electron chi connectivity index (χ2n) is 8.59. The van der Waals surface area contributed by atoms with Gasteiger partial charge in [0.1, 0.15) is 5.56 Å². The van der Waals surface area contributed by atoms with Crippen LogP contribution in [-0.4, -0.2) is 36.3 Å². The maximum Gasteiger partial charge on any atom is 0.261 e. The van der Waals surface area contributed by atoms with E-state index in [1.54, 1.807) is 0 Å². The first-order valence-corrected chi connectivity index (χ1v) is 8.98. The highest BCUT2D eigenvalue weighted by Crippen LogP contribution is 2.33. The van der Waals surface area contributed by atoms with Gasteiger partial charge in [-0.05, 0) is 49.2 Å². The van der Waals surface area contributed by atoms with Crippen molar-refractivity contribution in [3.8, 4) is 0 Å². The number of aromatic amines is 1. The highest BCUT2D eigenvalue weighted by Gasteiger charge is 2.33. The largest absolute Gasteiger partial charge is 0.351 e. The number of hydrogen-bond donors (Lipinski definition) is 3. The van der Waals surface area contributed by atoms with Gasteiger partial charge in [0.05, 0.1) is 0 Å². The van der Waals surface area contributed by atoms with Crippen molar-refractivity contribution in [3.05, 3.63) is 33.2 Å². The minimum absolute atomic E-state index is 0.0122. The van der Waals surface area contributed by atoms with Gasteiger partial charge in [-0.15, -0.1) is 0 Å². The first kappa shape index (κ1) is 17.9. The maximum atomic E-state index is 12.5. The molecule has 0 saturated carbocycles. The van der Waals surface area contributed by atoms with E-state index in [1.165, 1.54) is 6.07 Å². The summed E-state index contributed by atoms with van der Waals surface area (Å²) in [6.45, 7) is 8.58. The fourth-order valence-electron chi connectivity index (χ4n) is 3.79. The first-order valence-electron chi connectivity index (χ1n) is 8.98. The zero-order valence-corrected chi connectivity index (χ0v) is 15.3. The molecule has 2 aliphatic rings. The third-order valence-electron chi connectivity index (χ3n) is 5.45. The summed E-state index contributed by atoms with van der Waals surface area (Å²) in [6.07, 6.45) is 3.04. The van der Waals surface area contributed by atoms with Gasteiger partial charge in [-0.3, -0.25) is 14.4 Å². The summed E-state index contributed by atoms with van der Waals surface area (Å²) >= 11 is 0. The normalized spacial score (nSPS) is 21.5. The molecule has 3 rings (SSSR count). The number of carbonyl (C=O) groups excluding carboxylic acids is 2. The molecule has 0 atom stereocenters. The highest BCUT2D eigenvalue weighted by molar-refractivity contribution is 6.02. The number of amides is 1. The minimum atomic E-state index is -0.419. The van der Waals surface area contributed by atoms with Crippen molar-refractivity contribution in [2.45, 2.75) is 46.5 Å². The van der Waals surface area contributed by atoms with Crippen LogP contribution in [0.5, 0.6) is 0 Å². The average Bonchev–Trinajstić information content (AvgIpc) is 2.52. The van der Waals surface area contributed by atoms with Crippen molar-refractivity contribution < 1.29 is 9.59 Å². The van der Waals surface area contributed by atoms with Crippen molar-refractivity contribution >= 4 is 11.7 Å². The van der Waals surface area contributed by atoms with Crippen LogP contribution in [0.4, 0.5) is 0 Å². The number of Topliss-reactive ketones (excluding diaryl/α,β-unsaturated/α-hetero) is 1. The second-order valence-corrected chi connectivity index (χ2v) is 8.59. The lowest BCUT2D eigenvalue weighted by Gasteiger charge is -2.34. The zero-order chi connectivity index (χ0) is 18.2. The van der Waals surface area contributed by atoms with Gasteiger partial charge in [-0.25, -0.2) is 0 Å². The predicted molar refractivity (Wildman–Crippen MR) is 96.0 cm³/mol. The molecular weight excluding hydrogens is 318 g/mol. The minimum Gasteiger partial charge on any atom is -0.351 e. The Morgan fingerprint density at radius 3 is 2.52 bits per heavy atom. The van der Waals surface area contributed by atoms with Gasteiger partial charge in [0.15, 0.2) is 5.78 Å². The molecule has 3 N–H and O–H groups in total. The monoisotopic (exact) mass is 345 g/mol. The van der Waals surface area contributed by atoms with E-state index in [0.717, 1.165) is 25.9 Å². The quantitative estimate of drug-likeness (QED) is 0.777. The molecule has 0 unspecified atom stereocenters. The number of fused-ring (bicyclic) bond motifs is 1. The summed E-state index contributed by atoms with van der Waals surface area (Å²) < 4.78 is 0. The topological polar surface area (TPSA) is 91.1 Å². The van der Waals surface area contributed by atoms with Gasteiger partial charge in [-0.1, -0.05) is 20.8 Å². The van der Waals surface area contributed by atoms with Crippen LogP contribution in [0.3, 0.4) is 0 Å². The number of pyridine rings is 1. The number of ketones is 1. The number of nitrogens with one attached hydrogen (secondary N) is 3. The van der Waals surface area contributed by atoms with E-state index in [1.807, 2.05) is 13.8 Å². The molecule has 1 saturated heterocycles. The van der Waals surface area contributed by atoms with Gasteiger partial charge in [0, 0.05) is 24.2 Å². The van der Waals surface area contributed by atoms with Crippen LogP contribution in [0.25, 0.3) is 0 Å². The van der Waals surface area contributed by atoms with Gasteiger partial charge in [-0.2, -0.15) is 0 Å². The van der Waals surface area contributed by atoms with Crippen molar-refractivity contribution in [3.63, 3.8) is 0 Å². The van der Waals surface area contributed by atoms with Crippen molar-refractivity contribution in [1.82, 2.24) is 15.6 Å². The molecule has 6 nitrogen and oxygen atoms in total. The van der Waals surface area contributed by atoms with Crippen LogP contribution < -0.4 is 16.2 Å². The average molecular weight is 345 g/mol. The van der Waals surface area contributed by atoms with Gasteiger partial charge in [0.25, 0.3) is 11.5 Å². The lowest BCUT2D eigenvalue weighted by Crippen LogP contribution is -2.44. The Labute approximate surface area is 147 Å². The number of carbonyl (C=O) groups is 2. The van der Waals surface area contributed by atoms with E-state index in [0.29, 0.717) is 30.6 Å². The molecule has 1 aliphatic carbocycles. The number of rotatable bonds is 3. The van der Waals surface area contributed by atoms with Crippen molar-refractivity contribution in [1.29, 1.82) is 0 Å². The van der Waals surface area contributed by atoms with Crippen LogP contribution in [0.1, 0.15) is 66.4 Å². The molecule has 1 aromatic rings. The Morgan fingerprint density at radius 2 is 1.84 bits per heavy atom. The Kier molecular flexibility index (Phi) is 4.58.